The zero-order chi connectivity index (χ0) is 13.7. The Morgan fingerprint density at radius 3 is 2.95 bits per heavy atom. The second-order valence-electron chi connectivity index (χ2n) is 4.72. The van der Waals surface area contributed by atoms with Crippen LogP contribution in [0.5, 0.6) is 0 Å². The maximum Gasteiger partial charge on any atom is 0.138 e. The second kappa shape index (κ2) is 6.67. The van der Waals surface area contributed by atoms with Gasteiger partial charge in [-0.2, -0.15) is 0 Å². The molecule has 1 atom stereocenters. The van der Waals surface area contributed by atoms with E-state index in [-0.39, 0.29) is 25.1 Å². The molecule has 0 amide bonds. The maximum atomic E-state index is 13.5. The molecule has 1 aliphatic heterocycles. The number of hydrogen-bond donors (Lipinski definition) is 2. The first kappa shape index (κ1) is 14.0. The molecule has 0 aromatic heterocycles. The standard InChI is InChI=1S/C15H18FNO2/c16-15-6-5-12(9-13(15)3-2-8-18)10-17-7-1-4-14(17)11-19/h5-6,9,14,18-19H,1,4,7-8,10-11H2. The van der Waals surface area contributed by atoms with E-state index in [4.69, 9.17) is 5.11 Å². The molecular weight excluding hydrogens is 245 g/mol. The minimum absolute atomic E-state index is 0.165. The molecule has 0 bridgehead atoms. The Balaban J connectivity index is 2.12. The Morgan fingerprint density at radius 1 is 1.37 bits per heavy atom. The second-order valence-corrected chi connectivity index (χ2v) is 4.72. The molecule has 1 aromatic carbocycles. The Labute approximate surface area is 112 Å². The summed E-state index contributed by atoms with van der Waals surface area (Å²) >= 11 is 0. The van der Waals surface area contributed by atoms with Crippen LogP contribution in [0, 0.1) is 17.7 Å². The van der Waals surface area contributed by atoms with Crippen molar-refractivity contribution in [1.29, 1.82) is 0 Å². The quantitative estimate of drug-likeness (QED) is 0.803. The highest BCUT2D eigenvalue weighted by Gasteiger charge is 2.23. The molecule has 19 heavy (non-hydrogen) atoms. The first-order chi connectivity index (χ1) is 9.24. The number of nitrogens with zero attached hydrogens (tertiary/aromatic N) is 1. The van der Waals surface area contributed by atoms with Gasteiger partial charge in [0, 0.05) is 12.6 Å². The fourth-order valence-electron chi connectivity index (χ4n) is 2.45. The molecule has 0 aliphatic carbocycles. The first-order valence-corrected chi connectivity index (χ1v) is 6.47. The number of aliphatic hydroxyl groups is 2. The highest BCUT2D eigenvalue weighted by molar-refractivity contribution is 5.38. The lowest BCUT2D eigenvalue weighted by Gasteiger charge is -2.22. The molecule has 0 radical (unpaired) electrons. The molecule has 1 unspecified atom stereocenters. The number of rotatable bonds is 3. The fraction of sp³-hybridized carbons (Fsp3) is 0.467. The average Bonchev–Trinajstić information content (AvgIpc) is 2.86. The summed E-state index contributed by atoms with van der Waals surface area (Å²) < 4.78 is 13.5. The highest BCUT2D eigenvalue weighted by Crippen LogP contribution is 2.20. The van der Waals surface area contributed by atoms with Crippen molar-refractivity contribution in [2.75, 3.05) is 19.8 Å². The molecule has 102 valence electrons. The number of benzene rings is 1. The number of halogens is 1. The molecule has 0 saturated carbocycles. The van der Waals surface area contributed by atoms with E-state index in [0.29, 0.717) is 12.1 Å². The summed E-state index contributed by atoms with van der Waals surface area (Å²) in [5.41, 5.74) is 1.29. The molecule has 3 nitrogen and oxygen atoms in total. The number of aliphatic hydroxyl groups excluding tert-OH is 2. The third-order valence-electron chi connectivity index (χ3n) is 3.43. The summed E-state index contributed by atoms with van der Waals surface area (Å²) in [6.07, 6.45) is 2.10. The van der Waals surface area contributed by atoms with Gasteiger partial charge in [-0.1, -0.05) is 17.9 Å². The Morgan fingerprint density at radius 2 is 2.21 bits per heavy atom. The van der Waals surface area contributed by atoms with Crippen LogP contribution >= 0.6 is 0 Å². The zero-order valence-electron chi connectivity index (χ0n) is 10.8. The van der Waals surface area contributed by atoms with Crippen molar-refractivity contribution >= 4 is 0 Å². The normalized spacial score (nSPS) is 19.2. The lowest BCUT2D eigenvalue weighted by Crippen LogP contribution is -2.31. The Kier molecular flexibility index (Phi) is 4.92. The van der Waals surface area contributed by atoms with Gasteiger partial charge in [0.15, 0.2) is 0 Å². The summed E-state index contributed by atoms with van der Waals surface area (Å²) in [6.45, 7) is 1.54. The van der Waals surface area contributed by atoms with Gasteiger partial charge in [0.1, 0.15) is 12.4 Å². The smallest absolute Gasteiger partial charge is 0.138 e. The van der Waals surface area contributed by atoms with Gasteiger partial charge in [-0.3, -0.25) is 4.90 Å². The van der Waals surface area contributed by atoms with Crippen LogP contribution in [0.4, 0.5) is 4.39 Å². The van der Waals surface area contributed by atoms with Crippen molar-refractivity contribution < 1.29 is 14.6 Å². The number of likely N-dealkylation sites (tertiary alicyclic amines) is 1. The van der Waals surface area contributed by atoms with E-state index in [1.165, 1.54) is 6.07 Å². The topological polar surface area (TPSA) is 43.7 Å². The van der Waals surface area contributed by atoms with Gasteiger partial charge in [0.2, 0.25) is 0 Å². The third kappa shape index (κ3) is 3.54. The van der Waals surface area contributed by atoms with Crippen LogP contribution in [0.15, 0.2) is 18.2 Å². The van der Waals surface area contributed by atoms with Crippen LogP contribution in [-0.2, 0) is 6.54 Å². The SMILES string of the molecule is OCC#Cc1cc(CN2CCCC2CO)ccc1F. The predicted molar refractivity (Wildman–Crippen MR) is 70.9 cm³/mol. The average molecular weight is 263 g/mol. The maximum absolute atomic E-state index is 13.5. The minimum Gasteiger partial charge on any atom is -0.395 e. The van der Waals surface area contributed by atoms with Crippen molar-refractivity contribution in [1.82, 2.24) is 4.90 Å². The summed E-state index contributed by atoms with van der Waals surface area (Å²) in [4.78, 5) is 2.20. The lowest BCUT2D eigenvalue weighted by atomic mass is 10.1. The molecule has 1 aliphatic rings. The number of hydrogen-bond acceptors (Lipinski definition) is 3. The highest BCUT2D eigenvalue weighted by atomic mass is 19.1. The Hall–Kier alpha value is -1.41. The molecule has 2 N–H and O–H groups in total. The first-order valence-electron chi connectivity index (χ1n) is 6.47. The molecule has 4 heteroatoms. The van der Waals surface area contributed by atoms with E-state index in [1.807, 2.05) is 0 Å². The van der Waals surface area contributed by atoms with Crippen LogP contribution in [0.3, 0.4) is 0 Å². The summed E-state index contributed by atoms with van der Waals surface area (Å²) in [6, 6.07) is 5.06. The molecule has 1 saturated heterocycles. The van der Waals surface area contributed by atoms with Crippen molar-refractivity contribution in [3.8, 4) is 11.8 Å². The van der Waals surface area contributed by atoms with E-state index >= 15 is 0 Å². The third-order valence-corrected chi connectivity index (χ3v) is 3.43. The van der Waals surface area contributed by atoms with Crippen molar-refractivity contribution in [3.63, 3.8) is 0 Å². The van der Waals surface area contributed by atoms with Crippen LogP contribution < -0.4 is 0 Å². The largest absolute Gasteiger partial charge is 0.395 e. The van der Waals surface area contributed by atoms with E-state index in [1.54, 1.807) is 12.1 Å². The van der Waals surface area contributed by atoms with Gasteiger partial charge in [0.05, 0.1) is 12.2 Å². The van der Waals surface area contributed by atoms with E-state index < -0.39 is 0 Å². The minimum atomic E-state index is -0.371. The lowest BCUT2D eigenvalue weighted by molar-refractivity contribution is 0.153. The Bertz CT molecular complexity index is 493. The van der Waals surface area contributed by atoms with Gasteiger partial charge < -0.3 is 10.2 Å². The van der Waals surface area contributed by atoms with Crippen LogP contribution in [-0.4, -0.2) is 40.9 Å². The van der Waals surface area contributed by atoms with Crippen molar-refractivity contribution in [2.45, 2.75) is 25.4 Å². The van der Waals surface area contributed by atoms with E-state index in [0.717, 1.165) is 24.9 Å². The summed E-state index contributed by atoms with van der Waals surface area (Å²) in [5, 5.41) is 17.9. The molecular formula is C15H18FNO2. The van der Waals surface area contributed by atoms with Crippen molar-refractivity contribution in [2.24, 2.45) is 0 Å². The van der Waals surface area contributed by atoms with Gasteiger partial charge in [-0.05, 0) is 37.1 Å². The monoisotopic (exact) mass is 263 g/mol. The van der Waals surface area contributed by atoms with Crippen LogP contribution in [0.1, 0.15) is 24.0 Å². The fourth-order valence-corrected chi connectivity index (χ4v) is 2.45. The van der Waals surface area contributed by atoms with Crippen LogP contribution in [0.25, 0.3) is 0 Å². The van der Waals surface area contributed by atoms with Gasteiger partial charge >= 0.3 is 0 Å². The molecule has 1 heterocycles. The predicted octanol–water partition coefficient (Wildman–Crippen LogP) is 1.13. The molecule has 0 spiro atoms. The summed E-state index contributed by atoms with van der Waals surface area (Å²) in [7, 11) is 0. The van der Waals surface area contributed by atoms with Gasteiger partial charge in [-0.15, -0.1) is 0 Å². The van der Waals surface area contributed by atoms with E-state index in [9.17, 15) is 9.50 Å². The van der Waals surface area contributed by atoms with Gasteiger partial charge in [-0.25, -0.2) is 4.39 Å². The van der Waals surface area contributed by atoms with Gasteiger partial charge in [0.25, 0.3) is 0 Å². The molecule has 1 aromatic rings. The van der Waals surface area contributed by atoms with Crippen LogP contribution in [0.2, 0.25) is 0 Å². The molecule has 1 fully saturated rings. The van der Waals surface area contributed by atoms with Crippen molar-refractivity contribution in [3.05, 3.63) is 35.1 Å². The zero-order valence-corrected chi connectivity index (χ0v) is 10.8. The molecule has 2 rings (SSSR count). The van der Waals surface area contributed by atoms with E-state index in [2.05, 4.69) is 16.7 Å². The summed E-state index contributed by atoms with van der Waals surface area (Å²) in [5.74, 6) is 4.70.